The standard InChI is InChI=1S/C15H16F2N4O/c1-2-14-19-18-9-21(14)11-5-6-20(8-11)15(22)10-3-4-12(16)13(17)7-10/h3-4,7,9,11H,2,5-6,8H2,1H3. The number of hydrogen-bond donors (Lipinski definition) is 0. The molecule has 1 aliphatic heterocycles. The van der Waals surface area contributed by atoms with E-state index in [1.807, 2.05) is 11.5 Å². The maximum atomic E-state index is 13.3. The predicted octanol–water partition coefficient (Wildman–Crippen LogP) is 2.21. The van der Waals surface area contributed by atoms with Gasteiger partial charge in [-0.3, -0.25) is 4.79 Å². The molecular weight excluding hydrogens is 290 g/mol. The molecule has 3 rings (SSSR count). The van der Waals surface area contributed by atoms with Crippen LogP contribution in [-0.2, 0) is 6.42 Å². The maximum absolute atomic E-state index is 13.3. The summed E-state index contributed by atoms with van der Waals surface area (Å²) in [6, 6.07) is 3.36. The number of halogens is 2. The number of hydrogen-bond acceptors (Lipinski definition) is 3. The lowest BCUT2D eigenvalue weighted by molar-refractivity contribution is 0.0787. The highest BCUT2D eigenvalue weighted by Gasteiger charge is 2.29. The Morgan fingerprint density at radius 3 is 2.91 bits per heavy atom. The quantitative estimate of drug-likeness (QED) is 0.873. The van der Waals surface area contributed by atoms with E-state index in [4.69, 9.17) is 0 Å². The first-order chi connectivity index (χ1) is 10.6. The normalized spacial score (nSPS) is 18.0. The Bertz CT molecular complexity index is 701. The number of aromatic nitrogens is 3. The molecule has 116 valence electrons. The maximum Gasteiger partial charge on any atom is 0.254 e. The fourth-order valence-electron chi connectivity index (χ4n) is 2.79. The van der Waals surface area contributed by atoms with Gasteiger partial charge in [-0.15, -0.1) is 10.2 Å². The van der Waals surface area contributed by atoms with Crippen molar-refractivity contribution < 1.29 is 13.6 Å². The van der Waals surface area contributed by atoms with Crippen LogP contribution in [0.4, 0.5) is 8.78 Å². The van der Waals surface area contributed by atoms with Gasteiger partial charge in [-0.05, 0) is 24.6 Å². The molecule has 1 unspecified atom stereocenters. The minimum absolute atomic E-state index is 0.124. The second kappa shape index (κ2) is 5.82. The fraction of sp³-hybridized carbons (Fsp3) is 0.400. The average Bonchev–Trinajstić information content (AvgIpc) is 3.17. The molecule has 0 bridgehead atoms. The Kier molecular flexibility index (Phi) is 3.87. The summed E-state index contributed by atoms with van der Waals surface area (Å²) < 4.78 is 28.2. The van der Waals surface area contributed by atoms with Gasteiger partial charge in [-0.25, -0.2) is 8.78 Å². The number of nitrogens with zero attached hydrogens (tertiary/aromatic N) is 4. The molecule has 7 heteroatoms. The van der Waals surface area contributed by atoms with Gasteiger partial charge in [0, 0.05) is 25.1 Å². The molecule has 1 atom stereocenters. The lowest BCUT2D eigenvalue weighted by Crippen LogP contribution is -2.29. The summed E-state index contributed by atoms with van der Waals surface area (Å²) in [6.07, 6.45) is 3.24. The highest BCUT2D eigenvalue weighted by atomic mass is 19.2. The van der Waals surface area contributed by atoms with E-state index in [0.717, 1.165) is 30.8 Å². The zero-order valence-corrected chi connectivity index (χ0v) is 12.2. The van der Waals surface area contributed by atoms with Crippen molar-refractivity contribution in [2.45, 2.75) is 25.8 Å². The molecule has 0 N–H and O–H groups in total. The van der Waals surface area contributed by atoms with Gasteiger partial charge in [0.05, 0.1) is 6.04 Å². The molecule has 22 heavy (non-hydrogen) atoms. The summed E-state index contributed by atoms with van der Waals surface area (Å²) in [7, 11) is 0. The number of aryl methyl sites for hydroxylation is 1. The molecular formula is C15H16F2N4O. The molecule has 0 aliphatic carbocycles. The molecule has 1 aliphatic rings. The van der Waals surface area contributed by atoms with Crippen LogP contribution < -0.4 is 0 Å². The Morgan fingerprint density at radius 1 is 1.36 bits per heavy atom. The Balaban J connectivity index is 1.74. The summed E-state index contributed by atoms with van der Waals surface area (Å²) >= 11 is 0. The van der Waals surface area contributed by atoms with Crippen LogP contribution in [0.1, 0.15) is 35.6 Å². The minimum atomic E-state index is -1.01. The lowest BCUT2D eigenvalue weighted by atomic mass is 10.2. The summed E-state index contributed by atoms with van der Waals surface area (Å²) in [5.41, 5.74) is 0.166. The molecule has 1 fully saturated rings. The van der Waals surface area contributed by atoms with Gasteiger partial charge in [0.25, 0.3) is 5.91 Å². The van der Waals surface area contributed by atoms with Crippen molar-refractivity contribution in [2.24, 2.45) is 0 Å². The van der Waals surface area contributed by atoms with Crippen LogP contribution in [0, 0.1) is 11.6 Å². The van der Waals surface area contributed by atoms with E-state index in [1.165, 1.54) is 6.07 Å². The van der Waals surface area contributed by atoms with Crippen molar-refractivity contribution in [1.29, 1.82) is 0 Å². The van der Waals surface area contributed by atoms with E-state index in [1.54, 1.807) is 11.2 Å². The third-order valence-corrected chi connectivity index (χ3v) is 3.97. The van der Waals surface area contributed by atoms with Gasteiger partial charge in [-0.2, -0.15) is 0 Å². The second-order valence-electron chi connectivity index (χ2n) is 5.33. The SMILES string of the molecule is CCc1nncn1C1CCN(C(=O)c2ccc(F)c(F)c2)C1. The zero-order valence-electron chi connectivity index (χ0n) is 12.2. The van der Waals surface area contributed by atoms with Crippen molar-refractivity contribution in [1.82, 2.24) is 19.7 Å². The summed E-state index contributed by atoms with van der Waals surface area (Å²) in [5.74, 6) is -1.36. The monoisotopic (exact) mass is 306 g/mol. The van der Waals surface area contributed by atoms with E-state index in [9.17, 15) is 13.6 Å². The van der Waals surface area contributed by atoms with Crippen molar-refractivity contribution >= 4 is 5.91 Å². The van der Waals surface area contributed by atoms with Gasteiger partial charge in [-0.1, -0.05) is 6.92 Å². The highest BCUT2D eigenvalue weighted by molar-refractivity contribution is 5.94. The third-order valence-electron chi connectivity index (χ3n) is 3.97. The number of likely N-dealkylation sites (tertiary alicyclic amines) is 1. The first-order valence-corrected chi connectivity index (χ1v) is 7.23. The summed E-state index contributed by atoms with van der Waals surface area (Å²) in [5, 5.41) is 7.95. The molecule has 0 spiro atoms. The number of rotatable bonds is 3. The van der Waals surface area contributed by atoms with Gasteiger partial charge >= 0.3 is 0 Å². The first-order valence-electron chi connectivity index (χ1n) is 7.23. The average molecular weight is 306 g/mol. The van der Waals surface area contributed by atoms with E-state index in [-0.39, 0.29) is 17.5 Å². The van der Waals surface area contributed by atoms with Crippen LogP contribution in [0.5, 0.6) is 0 Å². The van der Waals surface area contributed by atoms with E-state index >= 15 is 0 Å². The van der Waals surface area contributed by atoms with Crippen LogP contribution in [0.15, 0.2) is 24.5 Å². The molecule has 0 saturated carbocycles. The van der Waals surface area contributed by atoms with Crippen molar-refractivity contribution in [2.75, 3.05) is 13.1 Å². The van der Waals surface area contributed by atoms with Gasteiger partial charge in [0.1, 0.15) is 12.2 Å². The number of carbonyl (C=O) groups is 1. The van der Waals surface area contributed by atoms with Crippen LogP contribution >= 0.6 is 0 Å². The Morgan fingerprint density at radius 2 is 2.18 bits per heavy atom. The van der Waals surface area contributed by atoms with E-state index in [2.05, 4.69) is 10.2 Å². The number of amides is 1. The summed E-state index contributed by atoms with van der Waals surface area (Å²) in [6.45, 7) is 3.09. The van der Waals surface area contributed by atoms with E-state index in [0.29, 0.717) is 13.1 Å². The Hall–Kier alpha value is -2.31. The number of benzene rings is 1. The molecule has 0 radical (unpaired) electrons. The second-order valence-corrected chi connectivity index (χ2v) is 5.33. The van der Waals surface area contributed by atoms with Crippen molar-refractivity contribution in [3.8, 4) is 0 Å². The van der Waals surface area contributed by atoms with Crippen LogP contribution in [0.25, 0.3) is 0 Å². The Labute approximate surface area is 126 Å². The topological polar surface area (TPSA) is 51.0 Å². The fourth-order valence-corrected chi connectivity index (χ4v) is 2.79. The first kappa shape index (κ1) is 14.6. The third kappa shape index (κ3) is 2.58. The van der Waals surface area contributed by atoms with E-state index < -0.39 is 11.6 Å². The largest absolute Gasteiger partial charge is 0.336 e. The molecule has 2 heterocycles. The van der Waals surface area contributed by atoms with Gasteiger partial charge < -0.3 is 9.47 Å². The number of carbonyl (C=O) groups excluding carboxylic acids is 1. The summed E-state index contributed by atoms with van der Waals surface area (Å²) in [4.78, 5) is 14.0. The smallest absolute Gasteiger partial charge is 0.254 e. The van der Waals surface area contributed by atoms with Crippen LogP contribution in [-0.4, -0.2) is 38.7 Å². The molecule has 1 amide bonds. The predicted molar refractivity (Wildman–Crippen MR) is 75.3 cm³/mol. The van der Waals surface area contributed by atoms with Gasteiger partial charge in [0.15, 0.2) is 11.6 Å². The van der Waals surface area contributed by atoms with Crippen molar-refractivity contribution in [3.05, 3.63) is 47.5 Å². The minimum Gasteiger partial charge on any atom is -0.336 e. The molecule has 1 saturated heterocycles. The highest BCUT2D eigenvalue weighted by Crippen LogP contribution is 2.24. The lowest BCUT2D eigenvalue weighted by Gasteiger charge is -2.17. The zero-order chi connectivity index (χ0) is 15.7. The van der Waals surface area contributed by atoms with Crippen LogP contribution in [0.2, 0.25) is 0 Å². The van der Waals surface area contributed by atoms with Crippen molar-refractivity contribution in [3.63, 3.8) is 0 Å². The molecule has 1 aromatic carbocycles. The molecule has 1 aromatic heterocycles. The molecule has 2 aromatic rings. The van der Waals surface area contributed by atoms with Gasteiger partial charge in [0.2, 0.25) is 0 Å². The molecule has 5 nitrogen and oxygen atoms in total. The van der Waals surface area contributed by atoms with Crippen LogP contribution in [0.3, 0.4) is 0 Å².